The molecule has 41 heavy (non-hydrogen) atoms. The monoisotopic (exact) mass is 574 g/mol. The van der Waals surface area contributed by atoms with Crippen molar-refractivity contribution in [2.24, 2.45) is 0 Å². The van der Waals surface area contributed by atoms with Gasteiger partial charge in [0.05, 0.1) is 5.56 Å². The summed E-state index contributed by atoms with van der Waals surface area (Å²) in [4.78, 5) is 55.4. The van der Waals surface area contributed by atoms with E-state index >= 15 is 4.39 Å². The molecule has 8 nitrogen and oxygen atoms in total. The van der Waals surface area contributed by atoms with E-state index in [2.05, 4.69) is 22.3 Å². The highest BCUT2D eigenvalue weighted by molar-refractivity contribution is 6.30. The molecule has 3 aliphatic rings. The molecule has 3 aromatic rings. The molecule has 210 valence electrons. The van der Waals surface area contributed by atoms with Crippen LogP contribution < -0.4 is 5.32 Å². The number of carbonyl (C=O) groups excluding carboxylic acids is 4. The molecule has 3 aliphatic heterocycles. The molecule has 6 rings (SSSR count). The fourth-order valence-corrected chi connectivity index (χ4v) is 6.01. The van der Waals surface area contributed by atoms with Gasteiger partial charge in [-0.3, -0.25) is 29.4 Å². The molecule has 3 heterocycles. The van der Waals surface area contributed by atoms with Crippen molar-refractivity contribution >= 4 is 35.2 Å². The van der Waals surface area contributed by atoms with E-state index in [4.69, 9.17) is 11.6 Å². The first-order valence-corrected chi connectivity index (χ1v) is 14.0. The Balaban J connectivity index is 1.11. The minimum absolute atomic E-state index is 0.0132. The minimum atomic E-state index is -0.843. The van der Waals surface area contributed by atoms with E-state index in [0.717, 1.165) is 23.7 Å². The molecule has 3 aromatic carbocycles. The summed E-state index contributed by atoms with van der Waals surface area (Å²) < 4.78 is 15.1. The average Bonchev–Trinajstić information content (AvgIpc) is 3.30. The molecule has 1 N–H and O–H groups in total. The number of rotatable bonds is 5. The number of carbonyl (C=O) groups is 4. The van der Waals surface area contributed by atoms with Gasteiger partial charge in [-0.25, -0.2) is 4.39 Å². The van der Waals surface area contributed by atoms with Crippen molar-refractivity contribution in [2.45, 2.75) is 32.0 Å². The number of amides is 4. The number of nitrogens with zero attached hydrogens (tertiary/aromatic N) is 3. The molecule has 0 aromatic heterocycles. The SMILES string of the molecule is O=C1CCC(N2Cc3cc(C(=O)N4CCN(Cc5ccccc5-c5ccc(Cl)cc5)CC4)cc(F)c3C2=O)C(=O)N1. The Bertz CT molecular complexity index is 1550. The first kappa shape index (κ1) is 27.1. The van der Waals surface area contributed by atoms with Crippen molar-refractivity contribution in [3.8, 4) is 11.1 Å². The van der Waals surface area contributed by atoms with Crippen LogP contribution in [0.5, 0.6) is 0 Å². The Labute approximate surface area is 241 Å². The van der Waals surface area contributed by atoms with E-state index in [0.29, 0.717) is 36.8 Å². The van der Waals surface area contributed by atoms with Crippen LogP contribution in [-0.2, 0) is 22.7 Å². The second kappa shape index (κ2) is 11.1. The van der Waals surface area contributed by atoms with Crippen LogP contribution in [-0.4, -0.2) is 70.5 Å². The molecule has 2 saturated heterocycles. The van der Waals surface area contributed by atoms with Crippen molar-refractivity contribution < 1.29 is 23.6 Å². The molecule has 10 heteroatoms. The largest absolute Gasteiger partial charge is 0.336 e. The van der Waals surface area contributed by atoms with Gasteiger partial charge in [0.15, 0.2) is 0 Å². The first-order valence-electron chi connectivity index (χ1n) is 13.6. The molecular weight excluding hydrogens is 547 g/mol. The van der Waals surface area contributed by atoms with Crippen LogP contribution in [0.25, 0.3) is 11.1 Å². The molecule has 2 fully saturated rings. The van der Waals surface area contributed by atoms with E-state index in [1.807, 2.05) is 36.4 Å². The van der Waals surface area contributed by atoms with Crippen LogP contribution >= 0.6 is 11.6 Å². The Kier molecular flexibility index (Phi) is 7.32. The van der Waals surface area contributed by atoms with E-state index in [1.54, 1.807) is 11.0 Å². The summed E-state index contributed by atoms with van der Waals surface area (Å²) in [6, 6.07) is 17.8. The molecule has 0 radical (unpaired) electrons. The summed E-state index contributed by atoms with van der Waals surface area (Å²) >= 11 is 6.07. The third-order valence-electron chi connectivity index (χ3n) is 8.05. The Hall–Kier alpha value is -4.08. The lowest BCUT2D eigenvalue weighted by molar-refractivity contribution is -0.136. The van der Waals surface area contributed by atoms with Gasteiger partial charge < -0.3 is 9.80 Å². The van der Waals surface area contributed by atoms with Crippen molar-refractivity contribution in [1.82, 2.24) is 20.0 Å². The number of halogens is 2. The maximum atomic E-state index is 15.1. The van der Waals surface area contributed by atoms with Gasteiger partial charge in [0, 0.05) is 56.3 Å². The van der Waals surface area contributed by atoms with Gasteiger partial charge in [0.25, 0.3) is 11.8 Å². The van der Waals surface area contributed by atoms with E-state index in [1.165, 1.54) is 10.5 Å². The van der Waals surface area contributed by atoms with Crippen LogP contribution in [0.15, 0.2) is 60.7 Å². The predicted molar refractivity (Wildman–Crippen MR) is 151 cm³/mol. The van der Waals surface area contributed by atoms with Gasteiger partial charge >= 0.3 is 0 Å². The lowest BCUT2D eigenvalue weighted by Crippen LogP contribution is -2.52. The maximum Gasteiger partial charge on any atom is 0.258 e. The highest BCUT2D eigenvalue weighted by Gasteiger charge is 2.41. The number of hydrogen-bond acceptors (Lipinski definition) is 5. The summed E-state index contributed by atoms with van der Waals surface area (Å²) in [5, 5.41) is 2.93. The van der Waals surface area contributed by atoms with Gasteiger partial charge in [-0.05, 0) is 52.9 Å². The second-order valence-corrected chi connectivity index (χ2v) is 11.1. The third-order valence-corrected chi connectivity index (χ3v) is 8.30. The zero-order valence-corrected chi connectivity index (χ0v) is 23.0. The topological polar surface area (TPSA) is 90.0 Å². The summed E-state index contributed by atoms with van der Waals surface area (Å²) in [6.45, 7) is 3.04. The lowest BCUT2D eigenvalue weighted by Gasteiger charge is -2.35. The van der Waals surface area contributed by atoms with Gasteiger partial charge in [-0.1, -0.05) is 48.0 Å². The summed E-state index contributed by atoms with van der Waals surface area (Å²) in [5.41, 5.74) is 3.85. The summed E-state index contributed by atoms with van der Waals surface area (Å²) in [7, 11) is 0. The average molecular weight is 575 g/mol. The Morgan fingerprint density at radius 3 is 2.44 bits per heavy atom. The van der Waals surface area contributed by atoms with Gasteiger partial charge in [0.2, 0.25) is 11.8 Å². The Morgan fingerprint density at radius 1 is 0.976 bits per heavy atom. The minimum Gasteiger partial charge on any atom is -0.336 e. The summed E-state index contributed by atoms with van der Waals surface area (Å²) in [6.07, 6.45) is 0.299. The zero-order chi connectivity index (χ0) is 28.7. The number of imide groups is 1. The summed E-state index contributed by atoms with van der Waals surface area (Å²) in [5.74, 6) is -2.62. The van der Waals surface area contributed by atoms with E-state index in [-0.39, 0.29) is 42.3 Å². The second-order valence-electron chi connectivity index (χ2n) is 10.6. The third kappa shape index (κ3) is 5.35. The molecule has 0 spiro atoms. The normalized spacial score (nSPS) is 19.4. The molecule has 1 unspecified atom stereocenters. The molecular formula is C31H28ClFN4O4. The van der Waals surface area contributed by atoms with Crippen LogP contribution in [0, 0.1) is 5.82 Å². The van der Waals surface area contributed by atoms with Crippen molar-refractivity contribution in [1.29, 1.82) is 0 Å². The van der Waals surface area contributed by atoms with Gasteiger partial charge in [-0.2, -0.15) is 0 Å². The molecule has 0 aliphatic carbocycles. The number of piperazine rings is 1. The van der Waals surface area contributed by atoms with Crippen LogP contribution in [0.3, 0.4) is 0 Å². The highest BCUT2D eigenvalue weighted by Crippen LogP contribution is 2.31. The van der Waals surface area contributed by atoms with Crippen molar-refractivity contribution in [3.05, 3.63) is 93.8 Å². The van der Waals surface area contributed by atoms with Crippen molar-refractivity contribution in [3.63, 3.8) is 0 Å². The standard InChI is InChI=1S/C31H28ClFN4O4/c32-23-7-5-19(6-8-23)24-4-2-1-3-20(24)17-35-11-13-36(14-12-35)30(40)21-15-22-18-37(31(41)28(22)25(33)16-21)26-9-10-27(38)34-29(26)39/h1-8,15-16,26H,9-14,17-18H2,(H,34,38,39). The molecule has 4 amide bonds. The van der Waals surface area contributed by atoms with Crippen LogP contribution in [0.2, 0.25) is 5.02 Å². The molecule has 0 bridgehead atoms. The lowest BCUT2D eigenvalue weighted by atomic mass is 9.99. The Morgan fingerprint density at radius 2 is 1.71 bits per heavy atom. The highest BCUT2D eigenvalue weighted by atomic mass is 35.5. The smallest absolute Gasteiger partial charge is 0.258 e. The number of hydrogen-bond donors (Lipinski definition) is 1. The maximum absolute atomic E-state index is 15.1. The number of nitrogens with one attached hydrogen (secondary N) is 1. The zero-order valence-electron chi connectivity index (χ0n) is 22.2. The molecule has 1 atom stereocenters. The first-order chi connectivity index (χ1) is 19.8. The van der Waals surface area contributed by atoms with Gasteiger partial charge in [0.1, 0.15) is 11.9 Å². The van der Waals surface area contributed by atoms with Gasteiger partial charge in [-0.15, -0.1) is 0 Å². The number of piperidine rings is 1. The fraction of sp³-hybridized carbons (Fsp3) is 0.290. The molecule has 0 saturated carbocycles. The van der Waals surface area contributed by atoms with Crippen molar-refractivity contribution in [2.75, 3.05) is 26.2 Å². The van der Waals surface area contributed by atoms with Crippen LogP contribution in [0.4, 0.5) is 4.39 Å². The quantitative estimate of drug-likeness (QED) is 0.467. The number of benzene rings is 3. The van der Waals surface area contributed by atoms with E-state index in [9.17, 15) is 19.2 Å². The van der Waals surface area contributed by atoms with Crippen LogP contribution in [0.1, 0.15) is 44.7 Å². The number of fused-ring (bicyclic) bond motifs is 1. The fourth-order valence-electron chi connectivity index (χ4n) is 5.88. The predicted octanol–water partition coefficient (Wildman–Crippen LogP) is 3.87. The van der Waals surface area contributed by atoms with E-state index < -0.39 is 23.7 Å².